The molecule has 0 spiro atoms. The maximum atomic E-state index is 11.8. The SMILES string of the molecule is O=C=C1C=CCCC1OC(F)(F)F. The van der Waals surface area contributed by atoms with Crippen LogP contribution in [0.4, 0.5) is 13.2 Å². The van der Waals surface area contributed by atoms with Crippen LogP contribution in [-0.2, 0) is 9.53 Å². The van der Waals surface area contributed by atoms with Crippen LogP contribution in [-0.4, -0.2) is 18.4 Å². The number of halogens is 3. The minimum atomic E-state index is -4.70. The second-order valence-corrected chi connectivity index (χ2v) is 2.59. The summed E-state index contributed by atoms with van der Waals surface area (Å²) in [4.78, 5) is 10.2. The monoisotopic (exact) mass is 192 g/mol. The zero-order chi connectivity index (χ0) is 9.90. The molecule has 1 unspecified atom stereocenters. The lowest BCUT2D eigenvalue weighted by Gasteiger charge is -2.20. The molecule has 0 saturated heterocycles. The highest BCUT2D eigenvalue weighted by atomic mass is 19.4. The summed E-state index contributed by atoms with van der Waals surface area (Å²) in [7, 11) is 0. The molecule has 5 heteroatoms. The molecule has 2 nitrogen and oxygen atoms in total. The number of carbonyl (C=O) groups excluding carboxylic acids is 1. The fourth-order valence-electron chi connectivity index (χ4n) is 1.10. The van der Waals surface area contributed by atoms with Crippen LogP contribution in [0.5, 0.6) is 0 Å². The quantitative estimate of drug-likeness (QED) is 0.594. The average molecular weight is 192 g/mol. The van der Waals surface area contributed by atoms with Gasteiger partial charge in [-0.05, 0) is 18.9 Å². The summed E-state index contributed by atoms with van der Waals surface area (Å²) in [6, 6.07) is 0. The van der Waals surface area contributed by atoms with Gasteiger partial charge in [0.05, 0.1) is 5.57 Å². The fourth-order valence-corrected chi connectivity index (χ4v) is 1.10. The van der Waals surface area contributed by atoms with Crippen molar-refractivity contribution in [3.8, 4) is 0 Å². The largest absolute Gasteiger partial charge is 0.523 e. The van der Waals surface area contributed by atoms with Gasteiger partial charge in [-0.3, -0.25) is 4.74 Å². The van der Waals surface area contributed by atoms with E-state index in [2.05, 4.69) is 4.74 Å². The van der Waals surface area contributed by atoms with Gasteiger partial charge in [0.25, 0.3) is 0 Å². The van der Waals surface area contributed by atoms with Crippen molar-refractivity contribution >= 4 is 5.94 Å². The van der Waals surface area contributed by atoms with Crippen LogP contribution < -0.4 is 0 Å². The van der Waals surface area contributed by atoms with Gasteiger partial charge >= 0.3 is 6.36 Å². The molecule has 0 aliphatic heterocycles. The van der Waals surface area contributed by atoms with Crippen LogP contribution in [0.15, 0.2) is 17.7 Å². The van der Waals surface area contributed by atoms with E-state index in [4.69, 9.17) is 0 Å². The van der Waals surface area contributed by atoms with E-state index < -0.39 is 12.5 Å². The molecule has 13 heavy (non-hydrogen) atoms. The fraction of sp³-hybridized carbons (Fsp3) is 0.500. The first-order valence-corrected chi connectivity index (χ1v) is 3.69. The number of alkyl halides is 3. The Morgan fingerprint density at radius 1 is 1.54 bits per heavy atom. The Morgan fingerprint density at radius 2 is 2.23 bits per heavy atom. The Bertz CT molecular complexity index is 261. The summed E-state index contributed by atoms with van der Waals surface area (Å²) >= 11 is 0. The molecule has 1 aliphatic carbocycles. The number of rotatable bonds is 1. The molecule has 0 N–H and O–H groups in total. The number of hydrogen-bond acceptors (Lipinski definition) is 2. The molecule has 0 radical (unpaired) electrons. The van der Waals surface area contributed by atoms with Crippen LogP contribution in [0.3, 0.4) is 0 Å². The second kappa shape index (κ2) is 3.77. The van der Waals surface area contributed by atoms with Gasteiger partial charge in [0, 0.05) is 0 Å². The molecule has 0 aromatic rings. The van der Waals surface area contributed by atoms with Crippen molar-refractivity contribution in [2.24, 2.45) is 0 Å². The first-order chi connectivity index (χ1) is 6.03. The van der Waals surface area contributed by atoms with Crippen molar-refractivity contribution in [2.45, 2.75) is 25.3 Å². The average Bonchev–Trinajstić information content (AvgIpc) is 2.02. The zero-order valence-electron chi connectivity index (χ0n) is 6.60. The minimum Gasteiger partial charge on any atom is -0.283 e. The highest BCUT2D eigenvalue weighted by Gasteiger charge is 2.35. The van der Waals surface area contributed by atoms with Crippen molar-refractivity contribution in [1.29, 1.82) is 0 Å². The molecular formula is C8H7F3O2. The van der Waals surface area contributed by atoms with Crippen molar-refractivity contribution in [3.05, 3.63) is 17.7 Å². The van der Waals surface area contributed by atoms with E-state index in [1.807, 2.05) is 0 Å². The van der Waals surface area contributed by atoms with Crippen LogP contribution in [0.1, 0.15) is 12.8 Å². The number of ether oxygens (including phenoxy) is 1. The summed E-state index contributed by atoms with van der Waals surface area (Å²) in [6.45, 7) is 0. The zero-order valence-corrected chi connectivity index (χ0v) is 6.60. The van der Waals surface area contributed by atoms with Crippen molar-refractivity contribution in [1.82, 2.24) is 0 Å². The Labute approximate surface area is 72.7 Å². The normalized spacial score (nSPS) is 23.0. The Hall–Kier alpha value is -1.06. The lowest BCUT2D eigenvalue weighted by molar-refractivity contribution is -0.337. The van der Waals surface area contributed by atoms with Crippen LogP contribution >= 0.6 is 0 Å². The second-order valence-electron chi connectivity index (χ2n) is 2.59. The highest BCUT2D eigenvalue weighted by molar-refractivity contribution is 5.59. The van der Waals surface area contributed by atoms with Crippen LogP contribution in [0.25, 0.3) is 0 Å². The molecule has 0 fully saturated rings. The molecule has 0 bridgehead atoms. The van der Waals surface area contributed by atoms with Gasteiger partial charge < -0.3 is 0 Å². The smallest absolute Gasteiger partial charge is 0.283 e. The van der Waals surface area contributed by atoms with Crippen molar-refractivity contribution < 1.29 is 22.7 Å². The molecule has 0 aromatic heterocycles. The summed E-state index contributed by atoms with van der Waals surface area (Å²) in [5.41, 5.74) is -0.0800. The molecule has 1 aliphatic rings. The van der Waals surface area contributed by atoms with Crippen LogP contribution in [0, 0.1) is 0 Å². The molecule has 0 amide bonds. The predicted molar refractivity (Wildman–Crippen MR) is 38.5 cm³/mol. The van der Waals surface area contributed by atoms with E-state index in [1.165, 1.54) is 12.0 Å². The van der Waals surface area contributed by atoms with Gasteiger partial charge in [0.2, 0.25) is 0 Å². The van der Waals surface area contributed by atoms with Gasteiger partial charge in [-0.15, -0.1) is 13.2 Å². The van der Waals surface area contributed by atoms with E-state index in [-0.39, 0.29) is 12.0 Å². The lowest BCUT2D eigenvalue weighted by atomic mass is 10.0. The summed E-state index contributed by atoms with van der Waals surface area (Å²) in [6.07, 6.45) is -2.31. The molecule has 0 saturated carbocycles. The molecule has 72 valence electrons. The molecule has 0 heterocycles. The van der Waals surface area contributed by atoms with E-state index in [9.17, 15) is 18.0 Å². The Morgan fingerprint density at radius 3 is 2.77 bits per heavy atom. The molecule has 0 aromatic carbocycles. The maximum absolute atomic E-state index is 11.8. The van der Waals surface area contributed by atoms with Gasteiger partial charge in [-0.1, -0.05) is 6.08 Å². The Balaban J connectivity index is 2.70. The first-order valence-electron chi connectivity index (χ1n) is 3.69. The van der Waals surface area contributed by atoms with Gasteiger partial charge in [0.15, 0.2) is 0 Å². The van der Waals surface area contributed by atoms with Crippen molar-refractivity contribution in [3.63, 3.8) is 0 Å². The number of allylic oxidation sites excluding steroid dienone is 1. The van der Waals surface area contributed by atoms with Gasteiger partial charge in [-0.25, -0.2) is 4.79 Å². The van der Waals surface area contributed by atoms with Crippen LogP contribution in [0.2, 0.25) is 0 Å². The standard InChI is InChI=1S/C8H7F3O2/c9-8(10,11)13-7-4-2-1-3-6(7)5-12/h1,3,7H,2,4H2. The summed E-state index contributed by atoms with van der Waals surface area (Å²) in [5, 5.41) is 0. The van der Waals surface area contributed by atoms with E-state index in [0.717, 1.165) is 0 Å². The van der Waals surface area contributed by atoms with E-state index in [1.54, 1.807) is 6.08 Å². The third-order valence-corrected chi connectivity index (χ3v) is 1.63. The predicted octanol–water partition coefficient (Wildman–Crippen LogP) is 2.00. The molecule has 1 rings (SSSR count). The van der Waals surface area contributed by atoms with Crippen molar-refractivity contribution in [2.75, 3.05) is 0 Å². The summed E-state index contributed by atoms with van der Waals surface area (Å²) < 4.78 is 39.0. The molecule has 1 atom stereocenters. The van der Waals surface area contributed by atoms with Gasteiger partial charge in [-0.2, -0.15) is 0 Å². The van der Waals surface area contributed by atoms with E-state index in [0.29, 0.717) is 6.42 Å². The first kappa shape index (κ1) is 10.0. The highest BCUT2D eigenvalue weighted by Crippen LogP contribution is 2.26. The summed E-state index contributed by atoms with van der Waals surface area (Å²) in [5.74, 6) is 1.43. The third kappa shape index (κ3) is 3.05. The van der Waals surface area contributed by atoms with Gasteiger partial charge in [0.1, 0.15) is 12.0 Å². The Kier molecular flexibility index (Phi) is 2.90. The minimum absolute atomic E-state index is 0.0800. The third-order valence-electron chi connectivity index (χ3n) is 1.63. The van der Waals surface area contributed by atoms with E-state index >= 15 is 0 Å². The topological polar surface area (TPSA) is 26.3 Å². The maximum Gasteiger partial charge on any atom is 0.523 e. The lowest BCUT2D eigenvalue weighted by Crippen LogP contribution is -2.26. The number of hydrogen-bond donors (Lipinski definition) is 0. The molecular weight excluding hydrogens is 185 g/mol.